The van der Waals surface area contributed by atoms with Crippen LogP contribution < -0.4 is 5.32 Å². The Bertz CT molecular complexity index is 963. The number of aromatic nitrogens is 1. The van der Waals surface area contributed by atoms with E-state index in [2.05, 4.69) is 16.9 Å². The predicted octanol–water partition coefficient (Wildman–Crippen LogP) is 5.38. The maximum absolute atomic E-state index is 13.4. The van der Waals surface area contributed by atoms with E-state index in [4.69, 9.17) is 0 Å². The molecule has 0 aliphatic rings. The van der Waals surface area contributed by atoms with Crippen molar-refractivity contribution in [2.75, 3.05) is 26.0 Å². The summed E-state index contributed by atoms with van der Waals surface area (Å²) in [5, 5.41) is 13.1. The van der Waals surface area contributed by atoms with Gasteiger partial charge in [-0.25, -0.2) is 9.37 Å². The number of aliphatic hydroxyl groups is 1. The van der Waals surface area contributed by atoms with E-state index < -0.39 is 17.9 Å². The van der Waals surface area contributed by atoms with Gasteiger partial charge in [0.25, 0.3) is 0 Å². The highest BCUT2D eigenvalue weighted by atomic mass is 19.4. The Kier molecular flexibility index (Phi) is 7.75. The van der Waals surface area contributed by atoms with Gasteiger partial charge in [-0.15, -0.1) is 0 Å². The van der Waals surface area contributed by atoms with Gasteiger partial charge < -0.3 is 15.3 Å². The Morgan fingerprint density at radius 3 is 2.57 bits per heavy atom. The molecule has 1 aromatic heterocycles. The molecule has 2 aromatic rings. The zero-order valence-corrected chi connectivity index (χ0v) is 17.1. The monoisotopic (exact) mass is 423 g/mol. The zero-order chi connectivity index (χ0) is 22.5. The molecule has 2 N–H and O–H groups in total. The van der Waals surface area contributed by atoms with Crippen LogP contribution >= 0.6 is 0 Å². The molecule has 0 aliphatic heterocycles. The van der Waals surface area contributed by atoms with E-state index in [0.29, 0.717) is 36.1 Å². The molecule has 1 aromatic carbocycles. The van der Waals surface area contributed by atoms with Crippen molar-refractivity contribution in [2.45, 2.75) is 25.6 Å². The number of hydrogen-bond acceptors (Lipinski definition) is 4. The number of anilines is 1. The summed E-state index contributed by atoms with van der Waals surface area (Å²) in [4.78, 5) is 5.99. The summed E-state index contributed by atoms with van der Waals surface area (Å²) in [5.74, 6) is 0. The zero-order valence-electron chi connectivity index (χ0n) is 17.1. The second-order valence-corrected chi connectivity index (χ2v) is 7.19. The van der Waals surface area contributed by atoms with Crippen LogP contribution in [0.15, 0.2) is 48.9 Å². The minimum atomic E-state index is -4.66. The minimum absolute atomic E-state index is 0.220. The van der Waals surface area contributed by atoms with Crippen LogP contribution in [0.3, 0.4) is 0 Å². The van der Waals surface area contributed by atoms with Crippen molar-refractivity contribution < 1.29 is 22.7 Å². The fourth-order valence-electron chi connectivity index (χ4n) is 2.75. The van der Waals surface area contributed by atoms with Crippen molar-refractivity contribution in [3.8, 4) is 0 Å². The maximum Gasteiger partial charge on any atom is 0.417 e. The first-order chi connectivity index (χ1) is 14.0. The Labute approximate surface area is 173 Å². The number of rotatable bonds is 8. The quantitative estimate of drug-likeness (QED) is 0.560. The molecule has 4 nitrogen and oxygen atoms in total. The van der Waals surface area contributed by atoms with E-state index in [1.54, 1.807) is 18.2 Å². The number of alkyl halides is 3. The Balaban J connectivity index is 2.62. The van der Waals surface area contributed by atoms with Crippen LogP contribution in [-0.4, -0.2) is 47.9 Å². The summed E-state index contributed by atoms with van der Waals surface area (Å²) in [5.41, 5.74) is -0.429. The van der Waals surface area contributed by atoms with Crippen molar-refractivity contribution in [1.82, 2.24) is 9.88 Å². The molecular formula is C22H25F4N3O. The van der Waals surface area contributed by atoms with E-state index in [1.165, 1.54) is 25.1 Å². The fraction of sp³-hybridized carbons (Fsp3) is 0.318. The van der Waals surface area contributed by atoms with Gasteiger partial charge in [0.15, 0.2) is 0 Å². The Morgan fingerprint density at radius 2 is 2.00 bits per heavy atom. The van der Waals surface area contributed by atoms with Crippen molar-refractivity contribution >= 4 is 28.1 Å². The molecule has 162 valence electrons. The molecule has 0 saturated carbocycles. The van der Waals surface area contributed by atoms with Crippen molar-refractivity contribution in [1.29, 1.82) is 0 Å². The van der Waals surface area contributed by atoms with E-state index in [-0.39, 0.29) is 16.8 Å². The molecule has 1 unspecified atom stereocenters. The average molecular weight is 423 g/mol. The third-order valence-corrected chi connectivity index (χ3v) is 4.32. The summed E-state index contributed by atoms with van der Waals surface area (Å²) >= 11 is 0. The molecule has 2 rings (SSSR count). The molecule has 0 bridgehead atoms. The van der Waals surface area contributed by atoms with Crippen LogP contribution in [0.2, 0.25) is 0 Å². The number of aliphatic hydroxyl groups excluding tert-OH is 1. The van der Waals surface area contributed by atoms with Gasteiger partial charge in [0, 0.05) is 35.1 Å². The normalized spacial score (nSPS) is 14.0. The second kappa shape index (κ2) is 9.86. The molecule has 0 aliphatic carbocycles. The number of nitrogens with zero attached hydrogens (tertiary/aromatic N) is 2. The van der Waals surface area contributed by atoms with Gasteiger partial charge in [-0.3, -0.25) is 0 Å². The molecule has 8 heteroatoms. The molecule has 0 saturated heterocycles. The summed E-state index contributed by atoms with van der Waals surface area (Å²) < 4.78 is 53.5. The lowest BCUT2D eigenvalue weighted by Crippen LogP contribution is -2.15. The molecule has 0 radical (unpaired) electrons. The molecule has 1 heterocycles. The van der Waals surface area contributed by atoms with Crippen LogP contribution in [0, 0.1) is 0 Å². The fourth-order valence-corrected chi connectivity index (χ4v) is 2.75. The highest BCUT2D eigenvalue weighted by Gasteiger charge is 2.35. The Morgan fingerprint density at radius 1 is 1.30 bits per heavy atom. The highest BCUT2D eigenvalue weighted by Crippen LogP contribution is 2.37. The lowest BCUT2D eigenvalue weighted by Gasteiger charge is -2.17. The molecule has 0 fully saturated rings. The number of pyridine rings is 1. The number of hydrogen-bond donors (Lipinski definition) is 2. The summed E-state index contributed by atoms with van der Waals surface area (Å²) in [6.45, 7) is 5.29. The predicted molar refractivity (Wildman–Crippen MR) is 114 cm³/mol. The Hall–Kier alpha value is -2.71. The third-order valence-electron chi connectivity index (χ3n) is 4.32. The van der Waals surface area contributed by atoms with E-state index >= 15 is 0 Å². The van der Waals surface area contributed by atoms with Gasteiger partial charge in [-0.05, 0) is 39.2 Å². The van der Waals surface area contributed by atoms with Crippen molar-refractivity contribution in [2.24, 2.45) is 0 Å². The first kappa shape index (κ1) is 23.6. The molecular weight excluding hydrogens is 398 g/mol. The summed E-state index contributed by atoms with van der Waals surface area (Å²) in [6, 6.07) is 6.34. The van der Waals surface area contributed by atoms with Gasteiger partial charge >= 0.3 is 6.18 Å². The smallest absolute Gasteiger partial charge is 0.389 e. The largest absolute Gasteiger partial charge is 0.417 e. The standard InChI is InChI=1S/C22H25F4N3O/c1-14(30)8-9-16-12-19-18(21(28-16)15(2)22(24,25)26)6-5-7-20(19)27-17(13-23)10-11-29(3)4/h5-9,12-14,27,30H,2,10-11H2,1,3-4H3/b9-8+,17-13-. The van der Waals surface area contributed by atoms with Gasteiger partial charge in [0.05, 0.1) is 23.1 Å². The number of allylic oxidation sites excluding steroid dienone is 1. The molecule has 1 atom stereocenters. The van der Waals surface area contributed by atoms with Gasteiger partial charge in [-0.2, -0.15) is 13.2 Å². The second-order valence-electron chi connectivity index (χ2n) is 7.19. The molecule has 0 spiro atoms. The van der Waals surface area contributed by atoms with Crippen molar-refractivity contribution in [3.63, 3.8) is 0 Å². The topological polar surface area (TPSA) is 48.4 Å². The summed E-state index contributed by atoms with van der Waals surface area (Å²) in [6.07, 6.45) is -1.77. The van der Waals surface area contributed by atoms with Crippen LogP contribution in [0.5, 0.6) is 0 Å². The van der Waals surface area contributed by atoms with E-state index in [1.807, 2.05) is 19.0 Å². The first-order valence-corrected chi connectivity index (χ1v) is 9.30. The van der Waals surface area contributed by atoms with Gasteiger partial charge in [0.2, 0.25) is 0 Å². The average Bonchev–Trinajstić information content (AvgIpc) is 2.67. The molecule has 0 amide bonds. The highest BCUT2D eigenvalue weighted by molar-refractivity contribution is 6.01. The number of nitrogens with one attached hydrogen (secondary N) is 1. The minimum Gasteiger partial charge on any atom is -0.389 e. The number of fused-ring (bicyclic) bond motifs is 1. The first-order valence-electron chi connectivity index (χ1n) is 9.30. The van der Waals surface area contributed by atoms with Crippen molar-refractivity contribution in [3.05, 3.63) is 60.3 Å². The van der Waals surface area contributed by atoms with Crippen LogP contribution in [0.25, 0.3) is 22.4 Å². The van der Waals surface area contributed by atoms with Crippen LogP contribution in [0.1, 0.15) is 24.7 Å². The van der Waals surface area contributed by atoms with Crippen LogP contribution in [-0.2, 0) is 0 Å². The number of benzene rings is 1. The molecule has 30 heavy (non-hydrogen) atoms. The van der Waals surface area contributed by atoms with Crippen LogP contribution in [0.4, 0.5) is 23.2 Å². The van der Waals surface area contributed by atoms with Gasteiger partial charge in [-0.1, -0.05) is 24.8 Å². The summed E-state index contributed by atoms with van der Waals surface area (Å²) in [7, 11) is 3.71. The third kappa shape index (κ3) is 6.14. The SMILES string of the molecule is C=C(c1nc(/C=C/C(C)O)cc2c(N/C(=C\F)CCN(C)C)cccc12)C(F)(F)F. The maximum atomic E-state index is 13.4. The van der Waals surface area contributed by atoms with E-state index in [9.17, 15) is 22.7 Å². The lowest BCUT2D eigenvalue weighted by atomic mass is 10.0. The van der Waals surface area contributed by atoms with E-state index in [0.717, 1.165) is 0 Å². The van der Waals surface area contributed by atoms with Gasteiger partial charge in [0.1, 0.15) is 6.33 Å². The lowest BCUT2D eigenvalue weighted by molar-refractivity contribution is -0.0688. The number of halogens is 4.